The van der Waals surface area contributed by atoms with Crippen LogP contribution < -0.4 is 4.74 Å². The van der Waals surface area contributed by atoms with Crippen molar-refractivity contribution in [2.45, 2.75) is 0 Å². The SMILES string of the molecule is O=[N+]([O-])c1ccc(Oc2cc(Br)ccc2F)c(Cl)c1. The maximum absolute atomic E-state index is 13.5. The van der Waals surface area contributed by atoms with E-state index in [1.807, 2.05) is 0 Å². The van der Waals surface area contributed by atoms with E-state index in [-0.39, 0.29) is 22.2 Å². The van der Waals surface area contributed by atoms with Crippen molar-refractivity contribution in [1.29, 1.82) is 0 Å². The normalized spacial score (nSPS) is 10.3. The van der Waals surface area contributed by atoms with Gasteiger partial charge in [-0.2, -0.15) is 0 Å². The molecule has 0 saturated heterocycles. The molecule has 0 bridgehead atoms. The summed E-state index contributed by atoms with van der Waals surface area (Å²) < 4.78 is 19.4. The first-order chi connectivity index (χ1) is 8.97. The molecule has 19 heavy (non-hydrogen) atoms. The molecule has 0 spiro atoms. The zero-order valence-corrected chi connectivity index (χ0v) is 11.6. The Balaban J connectivity index is 2.33. The summed E-state index contributed by atoms with van der Waals surface area (Å²) in [5.41, 5.74) is -0.160. The summed E-state index contributed by atoms with van der Waals surface area (Å²) >= 11 is 9.04. The summed E-state index contributed by atoms with van der Waals surface area (Å²) in [7, 11) is 0. The van der Waals surface area contributed by atoms with Crippen molar-refractivity contribution in [3.63, 3.8) is 0 Å². The van der Waals surface area contributed by atoms with E-state index in [1.165, 1.54) is 30.3 Å². The lowest BCUT2D eigenvalue weighted by Crippen LogP contribution is -1.91. The Labute approximate surface area is 121 Å². The Morgan fingerprint density at radius 3 is 2.58 bits per heavy atom. The highest BCUT2D eigenvalue weighted by Gasteiger charge is 2.12. The fourth-order valence-electron chi connectivity index (χ4n) is 1.36. The van der Waals surface area contributed by atoms with Crippen LogP contribution in [0.1, 0.15) is 0 Å². The van der Waals surface area contributed by atoms with E-state index in [0.717, 1.165) is 6.07 Å². The number of halogens is 3. The summed E-state index contributed by atoms with van der Waals surface area (Å²) in [6.45, 7) is 0. The molecule has 4 nitrogen and oxygen atoms in total. The lowest BCUT2D eigenvalue weighted by molar-refractivity contribution is -0.384. The second kappa shape index (κ2) is 5.54. The second-order valence-electron chi connectivity index (χ2n) is 3.55. The lowest BCUT2D eigenvalue weighted by atomic mass is 10.3. The standard InChI is InChI=1S/C12H6BrClFNO3/c13-7-1-3-10(15)12(5-7)19-11-4-2-8(16(17)18)6-9(11)14/h1-6H. The largest absolute Gasteiger partial charge is 0.453 e. The highest BCUT2D eigenvalue weighted by Crippen LogP contribution is 2.34. The third-order valence-electron chi connectivity index (χ3n) is 2.24. The van der Waals surface area contributed by atoms with Gasteiger partial charge in [0.15, 0.2) is 11.6 Å². The first-order valence-electron chi connectivity index (χ1n) is 5.04. The smallest absolute Gasteiger partial charge is 0.271 e. The van der Waals surface area contributed by atoms with Crippen LogP contribution in [0.5, 0.6) is 11.5 Å². The van der Waals surface area contributed by atoms with E-state index in [0.29, 0.717) is 4.47 Å². The van der Waals surface area contributed by atoms with Crippen LogP contribution in [0.4, 0.5) is 10.1 Å². The van der Waals surface area contributed by atoms with Gasteiger partial charge in [-0.1, -0.05) is 27.5 Å². The number of non-ortho nitro benzene ring substituents is 1. The van der Waals surface area contributed by atoms with Crippen molar-refractivity contribution >= 4 is 33.2 Å². The van der Waals surface area contributed by atoms with Crippen LogP contribution in [0.25, 0.3) is 0 Å². The molecule has 0 heterocycles. The van der Waals surface area contributed by atoms with Gasteiger partial charge in [0.1, 0.15) is 5.75 Å². The molecule has 0 aliphatic rings. The average Bonchev–Trinajstić information content (AvgIpc) is 2.36. The molecule has 2 aromatic carbocycles. The van der Waals surface area contributed by atoms with E-state index in [4.69, 9.17) is 16.3 Å². The van der Waals surface area contributed by atoms with Crippen LogP contribution in [0.2, 0.25) is 5.02 Å². The minimum Gasteiger partial charge on any atom is -0.453 e. The number of benzene rings is 2. The summed E-state index contributed by atoms with van der Waals surface area (Å²) in [6, 6.07) is 7.90. The molecule has 0 aromatic heterocycles. The number of nitrogens with zero attached hydrogens (tertiary/aromatic N) is 1. The minimum atomic E-state index is -0.574. The van der Waals surface area contributed by atoms with Gasteiger partial charge in [0.25, 0.3) is 5.69 Å². The molecule has 0 aliphatic carbocycles. The third kappa shape index (κ3) is 3.21. The lowest BCUT2D eigenvalue weighted by Gasteiger charge is -2.08. The Morgan fingerprint density at radius 2 is 1.95 bits per heavy atom. The van der Waals surface area contributed by atoms with Gasteiger partial charge in [-0.25, -0.2) is 4.39 Å². The topological polar surface area (TPSA) is 52.4 Å². The predicted octanol–water partition coefficient (Wildman–Crippen LogP) is 4.94. The molecular weight excluding hydrogens is 340 g/mol. The van der Waals surface area contributed by atoms with Crippen molar-refractivity contribution < 1.29 is 14.1 Å². The molecule has 0 amide bonds. The van der Waals surface area contributed by atoms with Crippen LogP contribution in [0.15, 0.2) is 40.9 Å². The highest BCUT2D eigenvalue weighted by atomic mass is 79.9. The Morgan fingerprint density at radius 1 is 1.21 bits per heavy atom. The van der Waals surface area contributed by atoms with E-state index in [2.05, 4.69) is 15.9 Å². The average molecular weight is 347 g/mol. The molecule has 0 radical (unpaired) electrons. The van der Waals surface area contributed by atoms with Crippen molar-refractivity contribution in [1.82, 2.24) is 0 Å². The number of hydrogen-bond donors (Lipinski definition) is 0. The first kappa shape index (κ1) is 13.8. The van der Waals surface area contributed by atoms with Gasteiger partial charge in [-0.15, -0.1) is 0 Å². The molecule has 0 fully saturated rings. The van der Waals surface area contributed by atoms with Gasteiger partial charge < -0.3 is 4.74 Å². The summed E-state index contributed by atoms with van der Waals surface area (Å²) in [5, 5.41) is 10.6. The molecule has 0 saturated carbocycles. The van der Waals surface area contributed by atoms with Crippen molar-refractivity contribution in [3.05, 3.63) is 61.8 Å². The van der Waals surface area contributed by atoms with Gasteiger partial charge in [-0.05, 0) is 24.3 Å². The number of rotatable bonds is 3. The van der Waals surface area contributed by atoms with E-state index in [1.54, 1.807) is 0 Å². The van der Waals surface area contributed by atoms with Crippen LogP contribution >= 0.6 is 27.5 Å². The summed E-state index contributed by atoms with van der Waals surface area (Å²) in [4.78, 5) is 9.99. The zero-order valence-electron chi connectivity index (χ0n) is 9.27. The Hall–Kier alpha value is -1.66. The van der Waals surface area contributed by atoms with Crippen LogP contribution in [0.3, 0.4) is 0 Å². The fourth-order valence-corrected chi connectivity index (χ4v) is 1.91. The molecule has 0 atom stereocenters. The minimum absolute atomic E-state index is 0.0230. The fraction of sp³-hybridized carbons (Fsp3) is 0. The second-order valence-corrected chi connectivity index (χ2v) is 4.87. The van der Waals surface area contributed by atoms with E-state index >= 15 is 0 Å². The van der Waals surface area contributed by atoms with Gasteiger partial charge in [0.05, 0.1) is 9.95 Å². The molecule has 98 valence electrons. The quantitative estimate of drug-likeness (QED) is 0.584. The zero-order chi connectivity index (χ0) is 14.0. The number of ether oxygens (including phenoxy) is 1. The van der Waals surface area contributed by atoms with Crippen molar-refractivity contribution in [2.24, 2.45) is 0 Å². The predicted molar refractivity (Wildman–Crippen MR) is 72.3 cm³/mol. The van der Waals surface area contributed by atoms with Gasteiger partial charge in [0.2, 0.25) is 0 Å². The van der Waals surface area contributed by atoms with Gasteiger partial charge in [-0.3, -0.25) is 10.1 Å². The molecule has 2 rings (SSSR count). The monoisotopic (exact) mass is 345 g/mol. The highest BCUT2D eigenvalue weighted by molar-refractivity contribution is 9.10. The van der Waals surface area contributed by atoms with Crippen LogP contribution in [-0.2, 0) is 0 Å². The Bertz CT molecular complexity index is 651. The molecule has 0 unspecified atom stereocenters. The van der Waals surface area contributed by atoms with Crippen molar-refractivity contribution in [2.75, 3.05) is 0 Å². The molecule has 2 aromatic rings. The van der Waals surface area contributed by atoms with E-state index < -0.39 is 10.7 Å². The molecule has 0 aliphatic heterocycles. The maximum atomic E-state index is 13.5. The van der Waals surface area contributed by atoms with Gasteiger partial charge >= 0.3 is 0 Å². The third-order valence-corrected chi connectivity index (χ3v) is 3.03. The number of hydrogen-bond acceptors (Lipinski definition) is 3. The number of nitro benzene ring substituents is 1. The number of nitro groups is 1. The molecular formula is C12H6BrClFNO3. The van der Waals surface area contributed by atoms with E-state index in [9.17, 15) is 14.5 Å². The molecule has 0 N–H and O–H groups in total. The maximum Gasteiger partial charge on any atom is 0.271 e. The first-order valence-corrected chi connectivity index (χ1v) is 6.21. The molecule has 7 heteroatoms. The van der Waals surface area contributed by atoms with Crippen molar-refractivity contribution in [3.8, 4) is 11.5 Å². The van der Waals surface area contributed by atoms with Gasteiger partial charge in [0, 0.05) is 16.6 Å². The van der Waals surface area contributed by atoms with Crippen LogP contribution in [-0.4, -0.2) is 4.92 Å². The summed E-state index contributed by atoms with van der Waals surface area (Å²) in [6.07, 6.45) is 0. The summed E-state index contributed by atoms with van der Waals surface area (Å²) in [5.74, 6) is -0.438. The Kier molecular flexibility index (Phi) is 4.01. The van der Waals surface area contributed by atoms with Crippen LogP contribution in [0, 0.1) is 15.9 Å².